The molecule has 1 aromatic heterocycles. The highest BCUT2D eigenvalue weighted by molar-refractivity contribution is 9.09. The van der Waals surface area contributed by atoms with Crippen molar-refractivity contribution in [2.45, 2.75) is 17.6 Å². The first-order valence-corrected chi connectivity index (χ1v) is 7.02. The molecule has 0 spiro atoms. The van der Waals surface area contributed by atoms with Crippen LogP contribution in [-0.2, 0) is 5.54 Å². The summed E-state index contributed by atoms with van der Waals surface area (Å²) in [5.74, 6) is 1.10. The molecular weight excluding hydrogens is 272 g/mol. The monoisotopic (exact) mass is 282 g/mol. The minimum Gasteiger partial charge on any atom is -0.311 e. The number of hydrogen-bond donors (Lipinski definition) is 0. The van der Waals surface area contributed by atoms with E-state index >= 15 is 0 Å². The largest absolute Gasteiger partial charge is 0.311 e. The number of thioether (sulfide) groups is 1. The van der Waals surface area contributed by atoms with Crippen molar-refractivity contribution in [3.05, 3.63) is 24.3 Å². The fraction of sp³-hybridized carbons (Fsp3) is 0.364. The van der Waals surface area contributed by atoms with Gasteiger partial charge >= 0.3 is 0 Å². The predicted octanol–water partition coefficient (Wildman–Crippen LogP) is 3.25. The molecule has 1 aromatic carbocycles. The molecule has 2 nitrogen and oxygen atoms in total. The molecule has 15 heavy (non-hydrogen) atoms. The average Bonchev–Trinajstić information content (AvgIpc) is 2.78. The van der Waals surface area contributed by atoms with Gasteiger partial charge < -0.3 is 4.57 Å². The van der Waals surface area contributed by atoms with Crippen LogP contribution in [0.4, 0.5) is 0 Å². The summed E-state index contributed by atoms with van der Waals surface area (Å²) in [6, 6.07) is 8.35. The molecule has 78 valence electrons. The van der Waals surface area contributed by atoms with E-state index in [0.29, 0.717) is 0 Å². The molecule has 0 bridgehead atoms. The summed E-state index contributed by atoms with van der Waals surface area (Å²) >= 11 is 5.46. The number of para-hydroxylation sites is 2. The van der Waals surface area contributed by atoms with Crippen molar-refractivity contribution < 1.29 is 0 Å². The van der Waals surface area contributed by atoms with Crippen LogP contribution in [0.15, 0.2) is 29.4 Å². The number of halogens is 1. The Kier molecular flexibility index (Phi) is 2.11. The molecule has 2 aromatic rings. The Morgan fingerprint density at radius 1 is 1.53 bits per heavy atom. The molecule has 2 heterocycles. The lowest BCUT2D eigenvalue weighted by molar-refractivity contribution is 0.418. The summed E-state index contributed by atoms with van der Waals surface area (Å²) in [5.41, 5.74) is 2.52. The summed E-state index contributed by atoms with van der Waals surface area (Å²) in [6.45, 7) is 2.28. The zero-order valence-electron chi connectivity index (χ0n) is 8.40. The molecule has 4 heteroatoms. The quantitative estimate of drug-likeness (QED) is 0.748. The molecule has 1 aliphatic heterocycles. The maximum Gasteiger partial charge on any atom is 0.169 e. The van der Waals surface area contributed by atoms with Gasteiger partial charge in [0.25, 0.3) is 0 Å². The Balaban J connectivity index is 2.34. The van der Waals surface area contributed by atoms with Gasteiger partial charge in [-0.15, -0.1) is 0 Å². The third-order valence-corrected chi connectivity index (χ3v) is 5.38. The van der Waals surface area contributed by atoms with Gasteiger partial charge in [-0.1, -0.05) is 39.8 Å². The van der Waals surface area contributed by atoms with Gasteiger partial charge in [0.05, 0.1) is 16.6 Å². The number of alkyl halides is 1. The fourth-order valence-electron chi connectivity index (χ4n) is 2.01. The van der Waals surface area contributed by atoms with Crippen molar-refractivity contribution in [1.29, 1.82) is 0 Å². The Bertz CT molecular complexity index is 522. The van der Waals surface area contributed by atoms with Crippen LogP contribution in [0.25, 0.3) is 11.0 Å². The molecule has 3 rings (SSSR count). The first-order chi connectivity index (χ1) is 7.24. The number of hydrogen-bond acceptors (Lipinski definition) is 2. The maximum atomic E-state index is 4.64. The minimum atomic E-state index is 0.163. The van der Waals surface area contributed by atoms with Crippen molar-refractivity contribution >= 4 is 38.7 Å². The van der Waals surface area contributed by atoms with Gasteiger partial charge in [0.2, 0.25) is 0 Å². The van der Waals surface area contributed by atoms with E-state index in [1.54, 1.807) is 0 Å². The van der Waals surface area contributed by atoms with Gasteiger partial charge in [0.15, 0.2) is 5.16 Å². The van der Waals surface area contributed by atoms with Crippen LogP contribution in [0.5, 0.6) is 0 Å². The molecule has 0 unspecified atom stereocenters. The summed E-state index contributed by atoms with van der Waals surface area (Å²) in [6.07, 6.45) is 0. The SMILES string of the molecule is C[C@]1(CBr)CSc2nc3ccccc3n21. The maximum absolute atomic E-state index is 4.64. The normalized spacial score (nSPS) is 24.7. The second kappa shape index (κ2) is 3.25. The van der Waals surface area contributed by atoms with Crippen molar-refractivity contribution in [3.8, 4) is 0 Å². The smallest absolute Gasteiger partial charge is 0.169 e. The van der Waals surface area contributed by atoms with Crippen LogP contribution in [0.3, 0.4) is 0 Å². The molecule has 0 saturated carbocycles. The van der Waals surface area contributed by atoms with Crippen molar-refractivity contribution in [1.82, 2.24) is 9.55 Å². The fourth-order valence-corrected chi connectivity index (χ4v) is 4.00. The molecule has 0 radical (unpaired) electrons. The third kappa shape index (κ3) is 1.27. The third-order valence-electron chi connectivity index (χ3n) is 2.87. The number of aromatic nitrogens is 2. The van der Waals surface area contributed by atoms with Crippen LogP contribution in [0.2, 0.25) is 0 Å². The first kappa shape index (κ1) is 9.73. The second-order valence-corrected chi connectivity index (χ2v) is 5.64. The van der Waals surface area contributed by atoms with E-state index in [1.165, 1.54) is 5.52 Å². The van der Waals surface area contributed by atoms with E-state index in [1.807, 2.05) is 17.8 Å². The highest BCUT2D eigenvalue weighted by atomic mass is 79.9. The number of benzene rings is 1. The van der Waals surface area contributed by atoms with Crippen LogP contribution in [0, 0.1) is 0 Å². The lowest BCUT2D eigenvalue weighted by Crippen LogP contribution is -2.30. The summed E-state index contributed by atoms with van der Waals surface area (Å²) in [7, 11) is 0. The molecule has 1 atom stereocenters. The number of fused-ring (bicyclic) bond motifs is 3. The summed E-state index contributed by atoms with van der Waals surface area (Å²) < 4.78 is 2.36. The molecule has 1 aliphatic rings. The Labute approximate surface area is 101 Å². The first-order valence-electron chi connectivity index (χ1n) is 4.91. The Morgan fingerprint density at radius 3 is 3.13 bits per heavy atom. The molecule has 0 amide bonds. The predicted molar refractivity (Wildman–Crippen MR) is 67.9 cm³/mol. The highest BCUT2D eigenvalue weighted by Gasteiger charge is 2.35. The van der Waals surface area contributed by atoms with Crippen LogP contribution in [0.1, 0.15) is 6.92 Å². The van der Waals surface area contributed by atoms with Gasteiger partial charge in [-0.3, -0.25) is 0 Å². The lowest BCUT2D eigenvalue weighted by Gasteiger charge is -2.23. The topological polar surface area (TPSA) is 17.8 Å². The van der Waals surface area contributed by atoms with Crippen molar-refractivity contribution in [2.75, 3.05) is 11.1 Å². The van der Waals surface area contributed by atoms with Gasteiger partial charge in [-0.05, 0) is 19.1 Å². The molecule has 0 saturated heterocycles. The second-order valence-electron chi connectivity index (χ2n) is 4.14. The Hall–Kier alpha value is -0.480. The number of imidazole rings is 1. The van der Waals surface area contributed by atoms with E-state index in [0.717, 1.165) is 21.8 Å². The van der Waals surface area contributed by atoms with Gasteiger partial charge in [-0.25, -0.2) is 4.98 Å². The summed E-state index contributed by atoms with van der Waals surface area (Å²) in [5, 5.41) is 2.12. The lowest BCUT2D eigenvalue weighted by atomic mass is 10.1. The number of rotatable bonds is 1. The van der Waals surface area contributed by atoms with E-state index in [-0.39, 0.29) is 5.54 Å². The number of nitrogens with zero attached hydrogens (tertiary/aromatic N) is 2. The van der Waals surface area contributed by atoms with E-state index < -0.39 is 0 Å². The van der Waals surface area contributed by atoms with E-state index in [2.05, 4.69) is 50.6 Å². The van der Waals surface area contributed by atoms with Gasteiger partial charge in [-0.2, -0.15) is 0 Å². The van der Waals surface area contributed by atoms with E-state index in [4.69, 9.17) is 0 Å². The van der Waals surface area contributed by atoms with Crippen LogP contribution >= 0.6 is 27.7 Å². The van der Waals surface area contributed by atoms with E-state index in [9.17, 15) is 0 Å². The van der Waals surface area contributed by atoms with Crippen molar-refractivity contribution in [2.24, 2.45) is 0 Å². The zero-order valence-corrected chi connectivity index (χ0v) is 10.8. The molecule has 0 N–H and O–H groups in total. The minimum absolute atomic E-state index is 0.163. The van der Waals surface area contributed by atoms with Crippen LogP contribution in [-0.4, -0.2) is 20.6 Å². The molecule has 0 fully saturated rings. The Morgan fingerprint density at radius 2 is 2.33 bits per heavy atom. The zero-order chi connectivity index (χ0) is 10.5. The average molecular weight is 283 g/mol. The van der Waals surface area contributed by atoms with Gasteiger partial charge in [0.1, 0.15) is 0 Å². The van der Waals surface area contributed by atoms with Crippen LogP contribution < -0.4 is 0 Å². The standard InChI is InChI=1S/C11H11BrN2S/c1-11(6-12)7-15-10-13-8-4-2-3-5-9(8)14(10)11/h2-5H,6-7H2,1H3/t11-/m0/s1. The highest BCUT2D eigenvalue weighted by Crippen LogP contribution is 2.41. The van der Waals surface area contributed by atoms with Gasteiger partial charge in [0, 0.05) is 11.1 Å². The van der Waals surface area contributed by atoms with Crippen molar-refractivity contribution in [3.63, 3.8) is 0 Å². The molecular formula is C11H11BrN2S. The summed E-state index contributed by atoms with van der Waals surface area (Å²) in [4.78, 5) is 4.64. The molecule has 0 aliphatic carbocycles.